The quantitative estimate of drug-likeness (QED) is 0.825. The van der Waals surface area contributed by atoms with Gasteiger partial charge in [-0.05, 0) is 24.3 Å². The summed E-state index contributed by atoms with van der Waals surface area (Å²) < 4.78 is 17.7. The van der Waals surface area contributed by atoms with E-state index in [1.807, 2.05) is 24.3 Å². The van der Waals surface area contributed by atoms with Crippen LogP contribution in [0.3, 0.4) is 0 Å². The molecular formula is C13H16FN3O. The predicted octanol–water partition coefficient (Wildman–Crippen LogP) is 1.23. The fourth-order valence-electron chi connectivity index (χ4n) is 1.61. The van der Waals surface area contributed by atoms with Gasteiger partial charge in [0.2, 0.25) is 0 Å². The van der Waals surface area contributed by atoms with Crippen molar-refractivity contribution in [3.63, 3.8) is 0 Å². The van der Waals surface area contributed by atoms with Gasteiger partial charge in [-0.3, -0.25) is 4.99 Å². The molecule has 0 saturated carbocycles. The molecule has 1 aromatic rings. The van der Waals surface area contributed by atoms with E-state index >= 15 is 0 Å². The maximum atomic E-state index is 12.3. The van der Waals surface area contributed by atoms with Crippen LogP contribution in [0.1, 0.15) is 5.56 Å². The number of nitrogens with zero attached hydrogens (tertiary/aromatic N) is 1. The molecule has 18 heavy (non-hydrogen) atoms. The first-order valence-corrected chi connectivity index (χ1v) is 5.83. The van der Waals surface area contributed by atoms with E-state index in [1.54, 1.807) is 0 Å². The van der Waals surface area contributed by atoms with Crippen molar-refractivity contribution >= 4 is 5.84 Å². The molecule has 0 spiro atoms. The summed E-state index contributed by atoms with van der Waals surface area (Å²) in [5.74, 6) is 1.60. The van der Waals surface area contributed by atoms with Gasteiger partial charge in [0.25, 0.3) is 0 Å². The van der Waals surface area contributed by atoms with Gasteiger partial charge in [0.05, 0.1) is 12.9 Å². The van der Waals surface area contributed by atoms with Crippen molar-refractivity contribution in [2.45, 2.75) is 0 Å². The summed E-state index contributed by atoms with van der Waals surface area (Å²) in [7, 11) is 0. The third kappa shape index (κ3) is 3.07. The van der Waals surface area contributed by atoms with Gasteiger partial charge < -0.3 is 15.8 Å². The summed E-state index contributed by atoms with van der Waals surface area (Å²) in [5, 5.41) is 3.19. The maximum Gasteiger partial charge on any atom is 0.128 e. The van der Waals surface area contributed by atoms with Crippen LogP contribution in [0.25, 0.3) is 0 Å². The van der Waals surface area contributed by atoms with Gasteiger partial charge in [0, 0.05) is 24.2 Å². The van der Waals surface area contributed by atoms with Gasteiger partial charge >= 0.3 is 0 Å². The summed E-state index contributed by atoms with van der Waals surface area (Å²) in [4.78, 5) is 4.33. The number of hydrogen-bond acceptors (Lipinski definition) is 4. The molecular weight excluding hydrogens is 233 g/mol. The molecule has 5 heteroatoms. The first-order chi connectivity index (χ1) is 8.83. The molecule has 0 bridgehead atoms. The third-order valence-electron chi connectivity index (χ3n) is 2.64. The fraction of sp³-hybridized carbons (Fsp3) is 0.308. The molecule has 1 aromatic carbocycles. The molecule has 96 valence electrons. The van der Waals surface area contributed by atoms with Crippen molar-refractivity contribution in [2.24, 2.45) is 10.7 Å². The molecule has 1 aliphatic rings. The number of rotatable bonds is 5. The van der Waals surface area contributed by atoms with Crippen molar-refractivity contribution in [2.75, 3.05) is 26.2 Å². The van der Waals surface area contributed by atoms with Gasteiger partial charge in [0.1, 0.15) is 18.2 Å². The van der Waals surface area contributed by atoms with E-state index in [2.05, 4.69) is 10.3 Å². The number of amidine groups is 1. The Labute approximate surface area is 105 Å². The highest BCUT2D eigenvalue weighted by molar-refractivity contribution is 5.99. The van der Waals surface area contributed by atoms with Crippen molar-refractivity contribution in [3.05, 3.63) is 41.7 Å². The Balaban J connectivity index is 1.95. The normalized spacial score (nSPS) is 15.2. The summed E-state index contributed by atoms with van der Waals surface area (Å²) >= 11 is 0. The highest BCUT2D eigenvalue weighted by Crippen LogP contribution is 2.14. The molecule has 1 heterocycles. The van der Waals surface area contributed by atoms with Crippen molar-refractivity contribution < 1.29 is 9.13 Å². The van der Waals surface area contributed by atoms with Gasteiger partial charge in [-0.25, -0.2) is 4.39 Å². The lowest BCUT2D eigenvalue weighted by atomic mass is 10.2. The molecule has 0 amide bonds. The van der Waals surface area contributed by atoms with Gasteiger partial charge in [0.15, 0.2) is 0 Å². The highest BCUT2D eigenvalue weighted by Gasteiger charge is 2.07. The Bertz CT molecular complexity index is 454. The minimum absolute atomic E-state index is 0.162. The second-order valence-electron chi connectivity index (χ2n) is 3.94. The van der Waals surface area contributed by atoms with Gasteiger partial charge in [-0.2, -0.15) is 0 Å². The number of nitrogens with one attached hydrogen (secondary N) is 1. The first kappa shape index (κ1) is 12.6. The molecule has 0 fully saturated rings. The Morgan fingerprint density at radius 1 is 1.44 bits per heavy atom. The molecule has 4 nitrogen and oxygen atoms in total. The summed E-state index contributed by atoms with van der Waals surface area (Å²) in [6, 6.07) is 7.52. The van der Waals surface area contributed by atoms with Gasteiger partial charge in [-0.15, -0.1) is 0 Å². The minimum atomic E-state index is 0.162. The largest absolute Gasteiger partial charge is 0.489 e. The fourth-order valence-corrected chi connectivity index (χ4v) is 1.61. The van der Waals surface area contributed by atoms with Gasteiger partial charge in [-0.1, -0.05) is 0 Å². The lowest BCUT2D eigenvalue weighted by Crippen LogP contribution is -2.19. The number of aliphatic imine (C=N–C) groups is 1. The van der Waals surface area contributed by atoms with Crippen molar-refractivity contribution in [3.8, 4) is 5.75 Å². The zero-order valence-corrected chi connectivity index (χ0v) is 10.0. The average molecular weight is 249 g/mol. The molecule has 3 N–H and O–H groups in total. The minimum Gasteiger partial charge on any atom is -0.489 e. The summed E-state index contributed by atoms with van der Waals surface area (Å²) in [5.41, 5.74) is 6.80. The average Bonchev–Trinajstić information content (AvgIpc) is 2.94. The molecule has 0 saturated heterocycles. The Morgan fingerprint density at radius 2 is 2.22 bits per heavy atom. The van der Waals surface area contributed by atoms with Crippen LogP contribution in [0.2, 0.25) is 0 Å². The van der Waals surface area contributed by atoms with Crippen LogP contribution in [0.5, 0.6) is 5.75 Å². The van der Waals surface area contributed by atoms with E-state index in [0.29, 0.717) is 17.7 Å². The van der Waals surface area contributed by atoms with E-state index in [1.165, 1.54) is 0 Å². The molecule has 2 rings (SSSR count). The third-order valence-corrected chi connectivity index (χ3v) is 2.64. The molecule has 0 atom stereocenters. The van der Waals surface area contributed by atoms with Crippen LogP contribution in [0.15, 0.2) is 41.2 Å². The number of ether oxygens (including phenoxy) is 1. The van der Waals surface area contributed by atoms with E-state index in [0.717, 1.165) is 24.5 Å². The van der Waals surface area contributed by atoms with Crippen LogP contribution in [-0.2, 0) is 0 Å². The van der Waals surface area contributed by atoms with E-state index < -0.39 is 0 Å². The molecule has 1 aliphatic heterocycles. The maximum absolute atomic E-state index is 12.3. The molecule has 0 aromatic heterocycles. The zero-order chi connectivity index (χ0) is 12.8. The van der Waals surface area contributed by atoms with Crippen molar-refractivity contribution in [1.82, 2.24) is 5.32 Å². The van der Waals surface area contributed by atoms with Crippen molar-refractivity contribution in [1.29, 1.82) is 0 Å². The SMILES string of the molecule is NC/C(=C\F)COc1ccc(C2=NCCN2)cc1. The molecule has 0 radical (unpaired) electrons. The van der Waals surface area contributed by atoms with E-state index in [-0.39, 0.29) is 13.2 Å². The number of benzene rings is 1. The monoisotopic (exact) mass is 249 g/mol. The van der Waals surface area contributed by atoms with Crippen LogP contribution in [0, 0.1) is 0 Å². The number of halogens is 1. The molecule has 0 unspecified atom stereocenters. The Kier molecular flexibility index (Phi) is 4.30. The lowest BCUT2D eigenvalue weighted by Gasteiger charge is -2.08. The van der Waals surface area contributed by atoms with E-state index in [9.17, 15) is 4.39 Å². The predicted molar refractivity (Wildman–Crippen MR) is 69.6 cm³/mol. The number of nitrogens with two attached hydrogens (primary N) is 1. The standard InChI is InChI=1S/C13H16FN3O/c14-7-10(8-15)9-18-12-3-1-11(2-4-12)13-16-5-6-17-13/h1-4,7H,5-6,8-9,15H2,(H,16,17)/b10-7+. The van der Waals surface area contributed by atoms with Crippen LogP contribution in [-0.4, -0.2) is 32.1 Å². The highest BCUT2D eigenvalue weighted by atomic mass is 19.1. The second kappa shape index (κ2) is 6.16. The van der Waals surface area contributed by atoms with Crippen LogP contribution < -0.4 is 15.8 Å². The first-order valence-electron chi connectivity index (χ1n) is 5.83. The Hall–Kier alpha value is -1.88. The molecule has 0 aliphatic carbocycles. The summed E-state index contributed by atoms with van der Waals surface area (Å²) in [6.07, 6.45) is 0.492. The smallest absolute Gasteiger partial charge is 0.128 e. The van der Waals surface area contributed by atoms with E-state index in [4.69, 9.17) is 10.5 Å². The van der Waals surface area contributed by atoms with Crippen LogP contribution in [0.4, 0.5) is 4.39 Å². The summed E-state index contributed by atoms with van der Waals surface area (Å²) in [6.45, 7) is 2.03. The Morgan fingerprint density at radius 3 is 2.78 bits per heavy atom. The topological polar surface area (TPSA) is 59.6 Å². The number of hydrogen-bond donors (Lipinski definition) is 2. The lowest BCUT2D eigenvalue weighted by molar-refractivity contribution is 0.347. The zero-order valence-electron chi connectivity index (χ0n) is 10.0. The van der Waals surface area contributed by atoms with Crippen LogP contribution >= 0.6 is 0 Å². The second-order valence-corrected chi connectivity index (χ2v) is 3.94.